The molecule has 2 aliphatic rings. The second kappa shape index (κ2) is 7.13. The lowest BCUT2D eigenvalue weighted by atomic mass is 9.96. The number of urea groups is 1. The molecule has 7 heteroatoms. The Bertz CT molecular complexity index is 739. The van der Waals surface area contributed by atoms with Crippen LogP contribution in [0.4, 0.5) is 10.7 Å². The van der Waals surface area contributed by atoms with Crippen molar-refractivity contribution in [3.8, 4) is 5.75 Å². The third-order valence-corrected chi connectivity index (χ3v) is 4.92. The molecule has 1 fully saturated rings. The van der Waals surface area contributed by atoms with E-state index in [0.717, 1.165) is 24.2 Å². The van der Waals surface area contributed by atoms with Crippen molar-refractivity contribution < 1.29 is 9.53 Å². The fraction of sp³-hybridized carbons (Fsp3) is 0.500. The van der Waals surface area contributed by atoms with E-state index < -0.39 is 0 Å². The van der Waals surface area contributed by atoms with E-state index in [-0.39, 0.29) is 6.03 Å². The molecule has 25 heavy (non-hydrogen) atoms. The highest BCUT2D eigenvalue weighted by Crippen LogP contribution is 2.27. The Morgan fingerprint density at radius 1 is 1.20 bits per heavy atom. The van der Waals surface area contributed by atoms with Crippen molar-refractivity contribution >= 4 is 12.0 Å². The van der Waals surface area contributed by atoms with Gasteiger partial charge in [-0.25, -0.2) is 14.5 Å². The molecular weight excluding hydrogens is 318 g/mol. The molecule has 1 saturated carbocycles. The summed E-state index contributed by atoms with van der Waals surface area (Å²) in [5.74, 6) is 1.21. The highest BCUT2D eigenvalue weighted by atomic mass is 16.5. The van der Waals surface area contributed by atoms with Gasteiger partial charge in [-0.3, -0.25) is 5.32 Å². The molecule has 1 aliphatic carbocycles. The zero-order valence-corrected chi connectivity index (χ0v) is 14.2. The van der Waals surface area contributed by atoms with Gasteiger partial charge in [-0.1, -0.05) is 37.5 Å². The van der Waals surface area contributed by atoms with Gasteiger partial charge in [-0.05, 0) is 18.9 Å². The molecule has 1 aromatic heterocycles. The summed E-state index contributed by atoms with van der Waals surface area (Å²) in [6.45, 7) is 1.53. The zero-order valence-electron chi connectivity index (χ0n) is 14.2. The fourth-order valence-corrected chi connectivity index (χ4v) is 3.53. The van der Waals surface area contributed by atoms with Gasteiger partial charge in [0, 0.05) is 5.56 Å². The molecule has 132 valence electrons. The van der Waals surface area contributed by atoms with Crippen LogP contribution < -0.4 is 10.1 Å². The molecule has 0 spiro atoms. The Hall–Kier alpha value is -2.57. The van der Waals surface area contributed by atoms with Gasteiger partial charge in [0.1, 0.15) is 18.7 Å². The lowest BCUT2D eigenvalue weighted by Gasteiger charge is -2.21. The van der Waals surface area contributed by atoms with Crippen LogP contribution in [0.3, 0.4) is 0 Å². The first-order valence-electron chi connectivity index (χ1n) is 8.97. The fourth-order valence-electron chi connectivity index (χ4n) is 3.53. The van der Waals surface area contributed by atoms with Crippen molar-refractivity contribution in [1.82, 2.24) is 19.7 Å². The van der Waals surface area contributed by atoms with Crippen LogP contribution in [0.2, 0.25) is 0 Å². The van der Waals surface area contributed by atoms with Crippen molar-refractivity contribution in [2.45, 2.75) is 44.7 Å². The molecule has 0 saturated heterocycles. The summed E-state index contributed by atoms with van der Waals surface area (Å²) >= 11 is 0. The molecule has 2 amide bonds. The van der Waals surface area contributed by atoms with Gasteiger partial charge in [0.2, 0.25) is 5.95 Å². The van der Waals surface area contributed by atoms with Crippen LogP contribution in [0.15, 0.2) is 30.6 Å². The summed E-state index contributed by atoms with van der Waals surface area (Å²) in [5.41, 5.74) is 1.01. The molecule has 7 nitrogen and oxygen atoms in total. The van der Waals surface area contributed by atoms with Crippen LogP contribution in [-0.4, -0.2) is 38.8 Å². The van der Waals surface area contributed by atoms with Crippen LogP contribution in [0.5, 0.6) is 5.75 Å². The molecule has 0 radical (unpaired) electrons. The van der Waals surface area contributed by atoms with Crippen LogP contribution in [0, 0.1) is 0 Å². The summed E-state index contributed by atoms with van der Waals surface area (Å²) in [6.07, 6.45) is 7.77. The summed E-state index contributed by atoms with van der Waals surface area (Å²) in [4.78, 5) is 18.6. The molecule has 1 N–H and O–H groups in total. The lowest BCUT2D eigenvalue weighted by Crippen LogP contribution is -2.36. The Kier molecular flexibility index (Phi) is 4.54. The SMILES string of the molecule is O=C(Nc1ncn(C2CCCCC2)n1)N1CCOc2ccccc2C1. The van der Waals surface area contributed by atoms with E-state index in [1.807, 2.05) is 28.9 Å². The monoisotopic (exact) mass is 341 g/mol. The molecule has 0 atom stereocenters. The Balaban J connectivity index is 1.41. The van der Waals surface area contributed by atoms with Gasteiger partial charge in [0.15, 0.2) is 0 Å². The predicted molar refractivity (Wildman–Crippen MR) is 93.5 cm³/mol. The van der Waals surface area contributed by atoms with Crippen molar-refractivity contribution in [2.75, 3.05) is 18.5 Å². The van der Waals surface area contributed by atoms with Gasteiger partial charge in [0.25, 0.3) is 0 Å². The Labute approximate surface area is 147 Å². The number of hydrogen-bond acceptors (Lipinski definition) is 4. The average Bonchev–Trinajstić information content (AvgIpc) is 3.00. The number of ether oxygens (including phenoxy) is 1. The van der Waals surface area contributed by atoms with Gasteiger partial charge < -0.3 is 9.64 Å². The van der Waals surface area contributed by atoms with Crippen molar-refractivity contribution in [2.24, 2.45) is 0 Å². The van der Waals surface area contributed by atoms with E-state index in [0.29, 0.717) is 31.7 Å². The number of para-hydroxylation sites is 1. The minimum absolute atomic E-state index is 0.193. The van der Waals surface area contributed by atoms with E-state index >= 15 is 0 Å². The molecule has 2 aromatic rings. The summed E-state index contributed by atoms with van der Waals surface area (Å²) in [7, 11) is 0. The molecule has 0 bridgehead atoms. The Morgan fingerprint density at radius 3 is 2.92 bits per heavy atom. The third-order valence-electron chi connectivity index (χ3n) is 4.92. The maximum atomic E-state index is 12.6. The minimum atomic E-state index is -0.193. The van der Waals surface area contributed by atoms with Crippen molar-refractivity contribution in [3.05, 3.63) is 36.2 Å². The number of nitrogens with zero attached hydrogens (tertiary/aromatic N) is 4. The molecule has 1 aliphatic heterocycles. The first kappa shape index (κ1) is 15.9. The number of hydrogen-bond donors (Lipinski definition) is 1. The number of carbonyl (C=O) groups is 1. The quantitative estimate of drug-likeness (QED) is 0.910. The minimum Gasteiger partial charge on any atom is -0.491 e. The number of carbonyl (C=O) groups excluding carboxylic acids is 1. The smallest absolute Gasteiger partial charge is 0.324 e. The predicted octanol–water partition coefficient (Wildman–Crippen LogP) is 3.21. The van der Waals surface area contributed by atoms with Gasteiger partial charge >= 0.3 is 6.03 Å². The van der Waals surface area contributed by atoms with Gasteiger partial charge in [-0.2, -0.15) is 0 Å². The number of fused-ring (bicyclic) bond motifs is 1. The molecular formula is C18H23N5O2. The number of nitrogens with one attached hydrogen (secondary N) is 1. The van der Waals surface area contributed by atoms with Crippen LogP contribution in [0.1, 0.15) is 43.7 Å². The van der Waals surface area contributed by atoms with Gasteiger partial charge in [-0.15, -0.1) is 5.10 Å². The van der Waals surface area contributed by atoms with Crippen LogP contribution in [-0.2, 0) is 6.54 Å². The third kappa shape index (κ3) is 3.60. The van der Waals surface area contributed by atoms with Crippen molar-refractivity contribution in [3.63, 3.8) is 0 Å². The van der Waals surface area contributed by atoms with Crippen LogP contribution >= 0.6 is 0 Å². The number of rotatable bonds is 2. The lowest BCUT2D eigenvalue weighted by molar-refractivity contribution is 0.200. The largest absolute Gasteiger partial charge is 0.491 e. The van der Waals surface area contributed by atoms with Crippen molar-refractivity contribution in [1.29, 1.82) is 0 Å². The molecule has 1 aromatic carbocycles. The van der Waals surface area contributed by atoms with Crippen LogP contribution in [0.25, 0.3) is 0 Å². The topological polar surface area (TPSA) is 72.3 Å². The highest BCUT2D eigenvalue weighted by Gasteiger charge is 2.21. The zero-order chi connectivity index (χ0) is 17.1. The summed E-state index contributed by atoms with van der Waals surface area (Å²) in [6, 6.07) is 8.03. The molecule has 0 unspecified atom stereocenters. The number of benzene rings is 1. The van der Waals surface area contributed by atoms with E-state index in [1.165, 1.54) is 19.3 Å². The Morgan fingerprint density at radius 2 is 2.04 bits per heavy atom. The standard InChI is InChI=1S/C18H23N5O2/c24-18(22-10-11-25-16-9-5-4-6-14(16)12-22)20-17-19-13-23(21-17)15-7-2-1-3-8-15/h4-6,9,13,15H,1-3,7-8,10-12H2,(H,20,21,24). The number of aromatic nitrogens is 3. The highest BCUT2D eigenvalue weighted by molar-refractivity contribution is 5.87. The number of amides is 2. The molecule has 4 rings (SSSR count). The number of anilines is 1. The summed E-state index contributed by atoms with van der Waals surface area (Å²) < 4.78 is 7.60. The average molecular weight is 341 g/mol. The normalized spacial score (nSPS) is 18.2. The second-order valence-corrected chi connectivity index (χ2v) is 6.65. The van der Waals surface area contributed by atoms with E-state index in [4.69, 9.17) is 4.74 Å². The first-order chi connectivity index (χ1) is 12.3. The second-order valence-electron chi connectivity index (χ2n) is 6.65. The van der Waals surface area contributed by atoms with Gasteiger partial charge in [0.05, 0.1) is 19.1 Å². The van der Waals surface area contributed by atoms with E-state index in [1.54, 1.807) is 11.2 Å². The first-order valence-corrected chi connectivity index (χ1v) is 8.97. The van der Waals surface area contributed by atoms with E-state index in [2.05, 4.69) is 15.4 Å². The maximum absolute atomic E-state index is 12.6. The summed E-state index contributed by atoms with van der Waals surface area (Å²) in [5, 5.41) is 7.27. The molecule has 2 heterocycles. The maximum Gasteiger partial charge on any atom is 0.324 e. The van der Waals surface area contributed by atoms with E-state index in [9.17, 15) is 4.79 Å².